The number of hydrogen-bond acceptors (Lipinski definition) is 3. The summed E-state index contributed by atoms with van der Waals surface area (Å²) in [6.07, 6.45) is 0.923. The smallest absolute Gasteiger partial charge is 0.130 e. The lowest BCUT2D eigenvalue weighted by Crippen LogP contribution is -2.49. The zero-order valence-corrected chi connectivity index (χ0v) is 29.3. The molecule has 242 valence electrons. The molecule has 0 radical (unpaired) electrons. The van der Waals surface area contributed by atoms with E-state index < -0.39 is 8.07 Å². The Hall–Kier alpha value is -5.84. The Bertz CT molecular complexity index is 2370. The standard InChI is InChI=1S/C46H37NO2Si/c1-50(2)42-25-10-9-23-39(42)45-43(50)27-26-41(44(45)40-24-12-16-33-28-29-48-46(33)40)47(35-18-11-17-34(30-35)32-14-5-3-6-15-32)36-19-13-22-38(31-36)49-37-20-7-4-8-21-37/h3-27,30-31H,28-29H2,1-2H3. The SMILES string of the molecule is C[Si]1(C)c2ccccc2-c2c1ccc(N(c1cccc(Oc3ccccc3)c1)c1cccc(-c3ccccc3)c1)c2-c1cccc2c1OCC2. The first kappa shape index (κ1) is 30.2. The molecule has 0 aliphatic carbocycles. The summed E-state index contributed by atoms with van der Waals surface area (Å²) in [4.78, 5) is 2.41. The van der Waals surface area contributed by atoms with Gasteiger partial charge in [-0.3, -0.25) is 0 Å². The normalized spacial score (nSPS) is 13.6. The van der Waals surface area contributed by atoms with Crippen LogP contribution in [0.2, 0.25) is 13.1 Å². The number of rotatable bonds is 7. The maximum Gasteiger partial charge on any atom is 0.130 e. The van der Waals surface area contributed by atoms with Crippen LogP contribution in [0.25, 0.3) is 33.4 Å². The van der Waals surface area contributed by atoms with Gasteiger partial charge >= 0.3 is 0 Å². The van der Waals surface area contributed by atoms with E-state index in [2.05, 4.69) is 145 Å². The first-order valence-corrected chi connectivity index (χ1v) is 20.4. The average Bonchev–Trinajstić information content (AvgIpc) is 3.74. The summed E-state index contributed by atoms with van der Waals surface area (Å²) in [7, 11) is -1.97. The maximum atomic E-state index is 6.47. The molecule has 2 aliphatic rings. The lowest BCUT2D eigenvalue weighted by Gasteiger charge is -2.31. The van der Waals surface area contributed by atoms with Crippen molar-refractivity contribution in [3.8, 4) is 50.6 Å². The van der Waals surface area contributed by atoms with E-state index >= 15 is 0 Å². The van der Waals surface area contributed by atoms with Crippen molar-refractivity contribution < 1.29 is 9.47 Å². The van der Waals surface area contributed by atoms with Crippen LogP contribution in [0.3, 0.4) is 0 Å². The molecule has 3 nitrogen and oxygen atoms in total. The highest BCUT2D eigenvalue weighted by atomic mass is 28.3. The molecule has 0 N–H and O–H groups in total. The highest BCUT2D eigenvalue weighted by Crippen LogP contribution is 2.51. The number of ether oxygens (including phenoxy) is 2. The van der Waals surface area contributed by atoms with Crippen LogP contribution in [0.15, 0.2) is 164 Å². The molecule has 0 amide bonds. The molecule has 4 heteroatoms. The zero-order valence-electron chi connectivity index (χ0n) is 28.3. The van der Waals surface area contributed by atoms with Crippen molar-refractivity contribution in [1.82, 2.24) is 0 Å². The minimum Gasteiger partial charge on any atom is -0.492 e. The highest BCUT2D eigenvalue weighted by Gasteiger charge is 2.40. The molecule has 7 aromatic rings. The summed E-state index contributed by atoms with van der Waals surface area (Å²) < 4.78 is 12.9. The second kappa shape index (κ2) is 12.2. The molecule has 0 atom stereocenters. The van der Waals surface area contributed by atoms with Crippen molar-refractivity contribution in [2.45, 2.75) is 19.5 Å². The Morgan fingerprint density at radius 1 is 0.540 bits per heavy atom. The average molecular weight is 664 g/mol. The number of para-hydroxylation sites is 2. The van der Waals surface area contributed by atoms with E-state index in [1.807, 2.05) is 36.4 Å². The molecule has 0 bridgehead atoms. The van der Waals surface area contributed by atoms with Crippen LogP contribution < -0.4 is 24.7 Å². The summed E-state index contributed by atoms with van der Waals surface area (Å²) >= 11 is 0. The Labute approximate surface area is 295 Å². The Morgan fingerprint density at radius 3 is 2.04 bits per heavy atom. The fourth-order valence-corrected chi connectivity index (χ4v) is 10.9. The van der Waals surface area contributed by atoms with Gasteiger partial charge in [-0.25, -0.2) is 0 Å². The first-order chi connectivity index (χ1) is 24.6. The minimum absolute atomic E-state index is 0.704. The second-order valence-corrected chi connectivity index (χ2v) is 17.9. The van der Waals surface area contributed by atoms with Crippen molar-refractivity contribution in [1.29, 1.82) is 0 Å². The molecule has 0 aromatic heterocycles. The van der Waals surface area contributed by atoms with Crippen molar-refractivity contribution in [3.63, 3.8) is 0 Å². The van der Waals surface area contributed by atoms with Crippen LogP contribution in [0.4, 0.5) is 17.1 Å². The summed E-state index contributed by atoms with van der Waals surface area (Å²) in [5, 5.41) is 2.95. The van der Waals surface area contributed by atoms with Gasteiger partial charge in [0.05, 0.1) is 12.3 Å². The van der Waals surface area contributed by atoms with Crippen LogP contribution >= 0.6 is 0 Å². The van der Waals surface area contributed by atoms with Gasteiger partial charge in [-0.15, -0.1) is 0 Å². The van der Waals surface area contributed by atoms with E-state index in [1.165, 1.54) is 38.2 Å². The number of anilines is 3. The van der Waals surface area contributed by atoms with E-state index in [0.29, 0.717) is 6.61 Å². The van der Waals surface area contributed by atoms with E-state index in [1.54, 1.807) is 0 Å². The summed E-state index contributed by atoms with van der Waals surface area (Å²) in [5.41, 5.74) is 11.8. The molecular formula is C46H37NO2Si. The molecule has 2 aliphatic heterocycles. The van der Waals surface area contributed by atoms with Crippen LogP contribution in [0, 0.1) is 0 Å². The molecule has 0 saturated heterocycles. The summed E-state index contributed by atoms with van der Waals surface area (Å²) in [5.74, 6) is 2.59. The van der Waals surface area contributed by atoms with E-state index in [9.17, 15) is 0 Å². The molecule has 9 rings (SSSR count). The van der Waals surface area contributed by atoms with Gasteiger partial charge in [-0.2, -0.15) is 0 Å². The molecule has 2 heterocycles. The predicted molar refractivity (Wildman–Crippen MR) is 210 cm³/mol. The predicted octanol–water partition coefficient (Wildman–Crippen LogP) is 11.0. The van der Waals surface area contributed by atoms with Gasteiger partial charge in [0.1, 0.15) is 25.3 Å². The Morgan fingerprint density at radius 2 is 1.20 bits per heavy atom. The first-order valence-electron chi connectivity index (χ1n) is 17.4. The van der Waals surface area contributed by atoms with Crippen LogP contribution in [-0.2, 0) is 6.42 Å². The van der Waals surface area contributed by atoms with Crippen LogP contribution in [0.1, 0.15) is 5.56 Å². The Balaban J connectivity index is 1.33. The van der Waals surface area contributed by atoms with Crippen molar-refractivity contribution in [3.05, 3.63) is 169 Å². The number of nitrogens with zero attached hydrogens (tertiary/aromatic N) is 1. The fraction of sp³-hybridized carbons (Fsp3) is 0.0870. The van der Waals surface area contributed by atoms with Crippen molar-refractivity contribution in [2.75, 3.05) is 11.5 Å². The third kappa shape index (κ3) is 5.11. The van der Waals surface area contributed by atoms with Crippen LogP contribution in [0.5, 0.6) is 17.2 Å². The molecule has 7 aromatic carbocycles. The van der Waals surface area contributed by atoms with Gasteiger partial charge in [0.15, 0.2) is 0 Å². The lowest BCUT2D eigenvalue weighted by molar-refractivity contribution is 0.358. The third-order valence-corrected chi connectivity index (χ3v) is 13.8. The maximum absolute atomic E-state index is 6.47. The zero-order chi connectivity index (χ0) is 33.7. The van der Waals surface area contributed by atoms with Gasteiger partial charge in [0, 0.05) is 35.0 Å². The van der Waals surface area contributed by atoms with Gasteiger partial charge in [0.25, 0.3) is 0 Å². The van der Waals surface area contributed by atoms with Crippen LogP contribution in [-0.4, -0.2) is 14.7 Å². The highest BCUT2D eigenvalue weighted by molar-refractivity contribution is 7.04. The number of benzene rings is 7. The summed E-state index contributed by atoms with van der Waals surface area (Å²) in [6.45, 7) is 5.67. The summed E-state index contributed by atoms with van der Waals surface area (Å²) in [6, 6.07) is 58.4. The van der Waals surface area contributed by atoms with E-state index in [0.717, 1.165) is 51.9 Å². The molecule has 0 unspecified atom stereocenters. The van der Waals surface area contributed by atoms with Gasteiger partial charge in [0.2, 0.25) is 0 Å². The minimum atomic E-state index is -1.97. The molecule has 0 spiro atoms. The Kier molecular flexibility index (Phi) is 7.40. The monoisotopic (exact) mass is 663 g/mol. The fourth-order valence-electron chi connectivity index (χ4n) is 7.85. The van der Waals surface area contributed by atoms with E-state index in [-0.39, 0.29) is 0 Å². The quantitative estimate of drug-likeness (QED) is 0.158. The van der Waals surface area contributed by atoms with Crippen molar-refractivity contribution >= 4 is 35.5 Å². The van der Waals surface area contributed by atoms with Gasteiger partial charge < -0.3 is 14.4 Å². The molecular weight excluding hydrogens is 627 g/mol. The lowest BCUT2D eigenvalue weighted by atomic mass is 9.90. The van der Waals surface area contributed by atoms with Gasteiger partial charge in [-0.05, 0) is 80.7 Å². The van der Waals surface area contributed by atoms with Crippen molar-refractivity contribution in [2.24, 2.45) is 0 Å². The number of hydrogen-bond donors (Lipinski definition) is 0. The number of fused-ring (bicyclic) bond motifs is 4. The molecule has 50 heavy (non-hydrogen) atoms. The third-order valence-electron chi connectivity index (χ3n) is 10.2. The molecule has 0 fully saturated rings. The van der Waals surface area contributed by atoms with E-state index in [4.69, 9.17) is 9.47 Å². The second-order valence-electron chi connectivity index (χ2n) is 13.6. The van der Waals surface area contributed by atoms with Gasteiger partial charge in [-0.1, -0.05) is 128 Å². The molecule has 0 saturated carbocycles. The topological polar surface area (TPSA) is 21.7 Å². The largest absolute Gasteiger partial charge is 0.492 e.